The van der Waals surface area contributed by atoms with Crippen LogP contribution >= 0.6 is 0 Å². The zero-order valence-electron chi connectivity index (χ0n) is 34.9. The number of hydrogen-bond acceptors (Lipinski definition) is 14. The van der Waals surface area contributed by atoms with Crippen molar-refractivity contribution in [1.82, 2.24) is 26.2 Å². The summed E-state index contributed by atoms with van der Waals surface area (Å²) in [5.41, 5.74) is 12.4. The Morgan fingerprint density at radius 2 is 1.43 bits per heavy atom. The molecule has 0 aromatic rings. The molecule has 0 bridgehead atoms. The molecule has 14 heteroatoms. The van der Waals surface area contributed by atoms with Gasteiger partial charge in [-0.15, -0.1) is 0 Å². The molecule has 0 aromatic heterocycles. The van der Waals surface area contributed by atoms with Crippen LogP contribution in [-0.2, 0) is 33.4 Å². The van der Waals surface area contributed by atoms with E-state index >= 15 is 0 Å². The topological polar surface area (TPSA) is 207 Å². The van der Waals surface area contributed by atoms with Gasteiger partial charge in [-0.2, -0.15) is 0 Å². The van der Waals surface area contributed by atoms with E-state index in [4.69, 9.17) is 20.9 Å². The summed E-state index contributed by atoms with van der Waals surface area (Å²) in [5.74, 6) is -0.127. The Hall–Kier alpha value is -2.01. The van der Waals surface area contributed by atoms with Crippen LogP contribution in [-0.4, -0.2) is 142 Å². The Kier molecular flexibility index (Phi) is 23.2. The van der Waals surface area contributed by atoms with Crippen molar-refractivity contribution < 1.29 is 33.4 Å². The summed E-state index contributed by atoms with van der Waals surface area (Å²) >= 11 is 0. The van der Waals surface area contributed by atoms with Crippen LogP contribution in [0.3, 0.4) is 0 Å². The number of hydrogen-bond donors (Lipinski definition) is 6. The average molecular weight is 792 g/mol. The molecule has 3 fully saturated rings. The first-order valence-electron chi connectivity index (χ1n) is 21.9. The van der Waals surface area contributed by atoms with E-state index in [-0.39, 0.29) is 49.3 Å². The molecule has 1 saturated heterocycles. The quantitative estimate of drug-likeness (QED) is 0.0707. The van der Waals surface area contributed by atoms with Crippen molar-refractivity contribution in [2.75, 3.05) is 33.4 Å². The van der Waals surface area contributed by atoms with E-state index in [2.05, 4.69) is 35.1 Å². The third-order valence-corrected chi connectivity index (χ3v) is 12.8. The molecule has 322 valence electrons. The number of likely N-dealkylation sites (N-methyl/N-ethyl adjacent to an activating group) is 1. The van der Waals surface area contributed by atoms with Crippen molar-refractivity contribution in [3.05, 3.63) is 0 Å². The van der Waals surface area contributed by atoms with Crippen LogP contribution in [0, 0.1) is 11.8 Å². The smallest absolute Gasteiger partial charge is 0.138 e. The molecular formula is C42H77N7O7. The second-order valence-corrected chi connectivity index (χ2v) is 16.8. The molecule has 0 radical (unpaired) electrons. The van der Waals surface area contributed by atoms with Crippen molar-refractivity contribution in [3.8, 4) is 0 Å². The molecule has 0 spiro atoms. The van der Waals surface area contributed by atoms with E-state index in [0.717, 1.165) is 121 Å². The lowest BCUT2D eigenvalue weighted by molar-refractivity contribution is -0.120. The molecule has 8 N–H and O–H groups in total. The van der Waals surface area contributed by atoms with Crippen molar-refractivity contribution in [2.45, 2.75) is 190 Å². The van der Waals surface area contributed by atoms with Gasteiger partial charge in [-0.1, -0.05) is 78.6 Å². The van der Waals surface area contributed by atoms with Gasteiger partial charge in [0, 0.05) is 43.2 Å². The van der Waals surface area contributed by atoms with Crippen LogP contribution in [0.5, 0.6) is 0 Å². The van der Waals surface area contributed by atoms with E-state index < -0.39 is 48.3 Å². The second-order valence-electron chi connectivity index (χ2n) is 16.8. The molecular weight excluding hydrogens is 715 g/mol. The zero-order chi connectivity index (χ0) is 40.9. The number of rotatable bonds is 17. The molecule has 0 amide bonds. The first kappa shape index (κ1) is 48.4. The lowest BCUT2D eigenvalue weighted by Gasteiger charge is -2.43. The van der Waals surface area contributed by atoms with Gasteiger partial charge in [0.15, 0.2) is 0 Å². The zero-order valence-corrected chi connectivity index (χ0v) is 34.9. The van der Waals surface area contributed by atoms with E-state index in [9.17, 15) is 24.0 Å². The highest BCUT2D eigenvalue weighted by Crippen LogP contribution is 2.29. The Balaban J connectivity index is 2.09. The van der Waals surface area contributed by atoms with E-state index in [1.54, 1.807) is 0 Å². The molecule has 3 aliphatic rings. The maximum absolute atomic E-state index is 13.2. The number of nitrogens with two attached hydrogens (primary N) is 2. The standard InChI is InChI=1S/C42H77N7O7/c1-5-7-8-13-17-41-29(3)40(27-54)49(4)39(14-6-2)36(25-52)48-42(30-15-11-9-10-12-16-30)37(26-53)46-33(22-43)35(24-51)47-38(28-56-32-20-31(44)21-32)34(23-50)45-18-19-55-41/h23-27,29-42,45-48H,5-22,28,43-44H2,1-4H3/t29-,31?,32?,33+,34?,35?,36?,37?,38-,39+,40?,41-,42+/m1/s1. The number of nitrogens with zero attached hydrogens (tertiary/aromatic N) is 1. The molecule has 2 saturated carbocycles. The summed E-state index contributed by atoms with van der Waals surface area (Å²) in [7, 11) is 1.92. The first-order valence-corrected chi connectivity index (χ1v) is 21.9. The van der Waals surface area contributed by atoms with Crippen molar-refractivity contribution in [1.29, 1.82) is 0 Å². The maximum Gasteiger partial charge on any atom is 0.138 e. The maximum atomic E-state index is 13.2. The minimum Gasteiger partial charge on any atom is -0.377 e. The van der Waals surface area contributed by atoms with Gasteiger partial charge in [-0.05, 0) is 51.5 Å². The van der Waals surface area contributed by atoms with E-state index in [1.807, 2.05) is 18.9 Å². The monoisotopic (exact) mass is 792 g/mol. The highest BCUT2D eigenvalue weighted by Gasteiger charge is 2.40. The largest absolute Gasteiger partial charge is 0.377 e. The van der Waals surface area contributed by atoms with Crippen LogP contribution in [0.2, 0.25) is 0 Å². The molecule has 1 heterocycles. The minimum absolute atomic E-state index is 0.0209. The number of unbranched alkanes of at least 4 members (excludes halogenated alkanes) is 3. The van der Waals surface area contributed by atoms with Crippen LogP contribution in [0.25, 0.3) is 0 Å². The molecule has 1 aliphatic heterocycles. The van der Waals surface area contributed by atoms with Crippen molar-refractivity contribution in [2.24, 2.45) is 23.3 Å². The Morgan fingerprint density at radius 3 is 2.00 bits per heavy atom. The lowest BCUT2D eigenvalue weighted by atomic mass is 9.85. The van der Waals surface area contributed by atoms with Gasteiger partial charge < -0.3 is 60.9 Å². The predicted octanol–water partition coefficient (Wildman–Crippen LogP) is 1.83. The minimum atomic E-state index is -0.875. The number of ether oxygens (including phenoxy) is 2. The fourth-order valence-electron chi connectivity index (χ4n) is 9.15. The Morgan fingerprint density at radius 1 is 0.768 bits per heavy atom. The molecule has 14 nitrogen and oxygen atoms in total. The molecule has 2 aliphatic carbocycles. The second kappa shape index (κ2) is 26.9. The molecule has 56 heavy (non-hydrogen) atoms. The Labute approximate surface area is 336 Å². The lowest BCUT2D eigenvalue weighted by Crippen LogP contribution is -2.66. The predicted molar refractivity (Wildman–Crippen MR) is 219 cm³/mol. The number of carbonyl (C=O) groups excluding carboxylic acids is 5. The van der Waals surface area contributed by atoms with E-state index in [1.165, 1.54) is 0 Å². The normalized spacial score (nSPS) is 36.8. The molecule has 3 rings (SSSR count). The fourth-order valence-corrected chi connectivity index (χ4v) is 9.15. The summed E-state index contributed by atoms with van der Waals surface area (Å²) in [6.45, 7) is 7.08. The highest BCUT2D eigenvalue weighted by atomic mass is 16.5. The first-order chi connectivity index (χ1) is 27.2. The SMILES string of the molecule is CCCCCC[C@H]1OCCNC(C=O)[C@@H](COC2CC(N)C2)NC(C=O)[C@H](CN)NC(C=O)[C@H](C2CCCCCC2)NC(C=O)[C@H](CCC)N(C)C(C=O)[C@H]1C. The van der Waals surface area contributed by atoms with Gasteiger partial charge in [-0.3, -0.25) is 10.2 Å². The van der Waals surface area contributed by atoms with Gasteiger partial charge >= 0.3 is 0 Å². The number of aldehydes is 5. The van der Waals surface area contributed by atoms with Crippen LogP contribution in [0.1, 0.15) is 117 Å². The molecule has 5 unspecified atom stereocenters. The van der Waals surface area contributed by atoms with Gasteiger partial charge in [0.25, 0.3) is 0 Å². The summed E-state index contributed by atoms with van der Waals surface area (Å²) < 4.78 is 12.8. The third kappa shape index (κ3) is 14.7. The van der Waals surface area contributed by atoms with Gasteiger partial charge in [-0.25, -0.2) is 0 Å². The van der Waals surface area contributed by atoms with Crippen LogP contribution in [0.15, 0.2) is 0 Å². The summed E-state index contributed by atoms with van der Waals surface area (Å²) in [5, 5.41) is 13.8. The fraction of sp³-hybridized carbons (Fsp3) is 0.881. The van der Waals surface area contributed by atoms with Gasteiger partial charge in [0.2, 0.25) is 0 Å². The van der Waals surface area contributed by atoms with Crippen LogP contribution < -0.4 is 32.7 Å². The third-order valence-electron chi connectivity index (χ3n) is 12.8. The summed E-state index contributed by atoms with van der Waals surface area (Å²) in [6.07, 6.45) is 17.9. The van der Waals surface area contributed by atoms with E-state index in [0.29, 0.717) is 19.6 Å². The number of carbonyl (C=O) groups is 5. The highest BCUT2D eigenvalue weighted by molar-refractivity contribution is 5.64. The summed E-state index contributed by atoms with van der Waals surface area (Å²) in [4.78, 5) is 67.1. The Bertz CT molecular complexity index is 1130. The number of nitrogens with one attached hydrogen (secondary N) is 4. The van der Waals surface area contributed by atoms with Crippen LogP contribution in [0.4, 0.5) is 0 Å². The average Bonchev–Trinajstić information content (AvgIpc) is 3.48. The van der Waals surface area contributed by atoms with Gasteiger partial charge in [0.05, 0.1) is 61.7 Å². The van der Waals surface area contributed by atoms with Gasteiger partial charge in [0.1, 0.15) is 31.4 Å². The van der Waals surface area contributed by atoms with Crippen molar-refractivity contribution in [3.63, 3.8) is 0 Å². The summed E-state index contributed by atoms with van der Waals surface area (Å²) in [6, 6.07) is -5.65. The molecule has 0 aromatic carbocycles. The molecule has 11 atom stereocenters. The van der Waals surface area contributed by atoms with Crippen molar-refractivity contribution >= 4 is 31.4 Å².